The van der Waals surface area contributed by atoms with Gasteiger partial charge in [-0.2, -0.15) is 0 Å². The Hall–Kier alpha value is -2.01. The number of aromatic nitrogens is 2. The van der Waals surface area contributed by atoms with Crippen molar-refractivity contribution in [2.24, 2.45) is 0 Å². The molecule has 2 heterocycles. The number of para-hydroxylation sites is 1. The van der Waals surface area contributed by atoms with Crippen molar-refractivity contribution in [3.8, 4) is 0 Å². The third-order valence-electron chi connectivity index (χ3n) is 3.47. The van der Waals surface area contributed by atoms with Crippen LogP contribution in [0.4, 0.5) is 0 Å². The second kappa shape index (κ2) is 4.28. The molecule has 0 saturated carbocycles. The van der Waals surface area contributed by atoms with Crippen molar-refractivity contribution < 1.29 is 9.90 Å². The molecule has 0 aliphatic carbocycles. The lowest BCUT2D eigenvalue weighted by Crippen LogP contribution is -2.34. The molecule has 5 heteroatoms. The van der Waals surface area contributed by atoms with E-state index in [9.17, 15) is 9.90 Å². The van der Waals surface area contributed by atoms with E-state index in [2.05, 4.69) is 9.97 Å². The van der Waals surface area contributed by atoms with E-state index in [4.69, 9.17) is 0 Å². The second-order valence-corrected chi connectivity index (χ2v) is 5.20. The van der Waals surface area contributed by atoms with Crippen LogP contribution in [-0.4, -0.2) is 44.6 Å². The maximum Gasteiger partial charge on any atom is 0.256 e. The molecule has 1 amide bonds. The van der Waals surface area contributed by atoms with Gasteiger partial charge in [0.25, 0.3) is 5.91 Å². The van der Waals surface area contributed by atoms with Crippen molar-refractivity contribution in [2.75, 3.05) is 13.1 Å². The molecule has 0 spiro atoms. The number of benzene rings is 1. The quantitative estimate of drug-likeness (QED) is 0.834. The molecule has 1 fully saturated rings. The number of rotatable bonds is 1. The van der Waals surface area contributed by atoms with E-state index in [0.29, 0.717) is 36.1 Å². The molecule has 1 aromatic heterocycles. The van der Waals surface area contributed by atoms with Gasteiger partial charge in [-0.05, 0) is 25.5 Å². The molecular formula is C14H15N3O2. The van der Waals surface area contributed by atoms with Crippen LogP contribution in [0.15, 0.2) is 30.6 Å². The summed E-state index contributed by atoms with van der Waals surface area (Å²) in [6.07, 6.45) is 3.80. The molecule has 1 aliphatic heterocycles. The molecule has 1 aromatic carbocycles. The Morgan fingerprint density at radius 2 is 2.16 bits per heavy atom. The van der Waals surface area contributed by atoms with Gasteiger partial charge in [-0.25, -0.2) is 0 Å². The van der Waals surface area contributed by atoms with Crippen molar-refractivity contribution in [3.05, 3.63) is 36.2 Å². The average Bonchev–Trinajstić information content (AvgIpc) is 2.78. The van der Waals surface area contributed by atoms with Crippen LogP contribution in [0.1, 0.15) is 23.7 Å². The number of hydrogen-bond donors (Lipinski definition) is 1. The molecule has 98 valence electrons. The first-order valence-electron chi connectivity index (χ1n) is 6.28. The van der Waals surface area contributed by atoms with E-state index in [0.717, 1.165) is 0 Å². The van der Waals surface area contributed by atoms with Gasteiger partial charge in [0.15, 0.2) is 0 Å². The number of carbonyl (C=O) groups is 1. The number of amides is 1. The number of nitrogens with zero attached hydrogens (tertiary/aromatic N) is 3. The summed E-state index contributed by atoms with van der Waals surface area (Å²) < 4.78 is 0. The van der Waals surface area contributed by atoms with Crippen LogP contribution in [0.25, 0.3) is 11.0 Å². The first-order chi connectivity index (χ1) is 9.07. The molecule has 1 unspecified atom stereocenters. The normalized spacial score (nSPS) is 22.9. The van der Waals surface area contributed by atoms with Crippen LogP contribution < -0.4 is 0 Å². The van der Waals surface area contributed by atoms with E-state index in [1.807, 2.05) is 6.07 Å². The number of aliphatic hydroxyl groups is 1. The van der Waals surface area contributed by atoms with Crippen LogP contribution in [0.5, 0.6) is 0 Å². The number of β-amino-alcohol motifs (C(OH)–C–C–N with tert-alkyl or cyclic N) is 1. The van der Waals surface area contributed by atoms with Gasteiger partial charge in [-0.15, -0.1) is 0 Å². The molecule has 1 atom stereocenters. The number of likely N-dealkylation sites (tertiary alicyclic amines) is 1. The van der Waals surface area contributed by atoms with Gasteiger partial charge in [0.2, 0.25) is 0 Å². The highest BCUT2D eigenvalue weighted by molar-refractivity contribution is 6.04. The smallest absolute Gasteiger partial charge is 0.256 e. The summed E-state index contributed by atoms with van der Waals surface area (Å²) in [5.74, 6) is -0.0936. The van der Waals surface area contributed by atoms with Gasteiger partial charge in [-0.3, -0.25) is 14.8 Å². The third kappa shape index (κ3) is 2.17. The van der Waals surface area contributed by atoms with Gasteiger partial charge < -0.3 is 10.0 Å². The van der Waals surface area contributed by atoms with Gasteiger partial charge in [0, 0.05) is 25.5 Å². The van der Waals surface area contributed by atoms with Gasteiger partial charge in [0.1, 0.15) is 5.52 Å². The molecule has 0 bridgehead atoms. The monoisotopic (exact) mass is 257 g/mol. The SMILES string of the molecule is CC1(O)CCN(C(=O)c2cccc3nccnc23)C1. The molecule has 1 N–H and O–H groups in total. The summed E-state index contributed by atoms with van der Waals surface area (Å²) in [6, 6.07) is 5.39. The number of fused-ring (bicyclic) bond motifs is 1. The maximum atomic E-state index is 12.5. The van der Waals surface area contributed by atoms with Gasteiger partial charge >= 0.3 is 0 Å². The highest BCUT2D eigenvalue weighted by Gasteiger charge is 2.34. The fourth-order valence-corrected chi connectivity index (χ4v) is 2.45. The van der Waals surface area contributed by atoms with Crippen molar-refractivity contribution >= 4 is 16.9 Å². The minimum absolute atomic E-state index is 0.0936. The Balaban J connectivity index is 1.99. The lowest BCUT2D eigenvalue weighted by molar-refractivity contribution is 0.0573. The van der Waals surface area contributed by atoms with E-state index in [1.165, 1.54) is 0 Å². The first kappa shape index (κ1) is 12.0. The minimum Gasteiger partial charge on any atom is -0.388 e. The highest BCUT2D eigenvalue weighted by Crippen LogP contribution is 2.24. The summed E-state index contributed by atoms with van der Waals surface area (Å²) in [7, 11) is 0. The lowest BCUT2D eigenvalue weighted by atomic mass is 10.1. The highest BCUT2D eigenvalue weighted by atomic mass is 16.3. The first-order valence-corrected chi connectivity index (χ1v) is 6.28. The molecule has 0 radical (unpaired) electrons. The van der Waals surface area contributed by atoms with Crippen molar-refractivity contribution in [1.82, 2.24) is 14.9 Å². The minimum atomic E-state index is -0.786. The molecule has 3 rings (SSSR count). The summed E-state index contributed by atoms with van der Waals surface area (Å²) in [6.45, 7) is 2.69. The molecule has 2 aromatic rings. The maximum absolute atomic E-state index is 12.5. The zero-order valence-corrected chi connectivity index (χ0v) is 10.7. The Bertz CT molecular complexity index is 634. The van der Waals surface area contributed by atoms with Gasteiger partial charge in [-0.1, -0.05) is 6.07 Å². The number of carbonyl (C=O) groups excluding carboxylic acids is 1. The zero-order chi connectivity index (χ0) is 13.5. The summed E-state index contributed by atoms with van der Waals surface area (Å²) in [5, 5.41) is 9.95. The van der Waals surface area contributed by atoms with Gasteiger partial charge in [0.05, 0.1) is 16.7 Å². The molecule has 1 aliphatic rings. The van der Waals surface area contributed by atoms with Crippen molar-refractivity contribution in [1.29, 1.82) is 0 Å². The van der Waals surface area contributed by atoms with E-state index in [1.54, 1.807) is 36.4 Å². The predicted octanol–water partition coefficient (Wildman–Crippen LogP) is 1.23. The fourth-order valence-electron chi connectivity index (χ4n) is 2.45. The standard InChI is InChI=1S/C14H15N3O2/c1-14(19)5-8-17(9-14)13(18)10-3-2-4-11-12(10)16-7-6-15-11/h2-4,6-7,19H,5,8-9H2,1H3. The van der Waals surface area contributed by atoms with E-state index >= 15 is 0 Å². The third-order valence-corrected chi connectivity index (χ3v) is 3.47. The Kier molecular flexibility index (Phi) is 2.71. The summed E-state index contributed by atoms with van der Waals surface area (Å²) in [4.78, 5) is 22.6. The summed E-state index contributed by atoms with van der Waals surface area (Å²) in [5.41, 5.74) is 1.08. The topological polar surface area (TPSA) is 66.3 Å². The molecule has 5 nitrogen and oxygen atoms in total. The number of hydrogen-bond acceptors (Lipinski definition) is 4. The Morgan fingerprint density at radius 1 is 1.37 bits per heavy atom. The predicted molar refractivity (Wildman–Crippen MR) is 70.7 cm³/mol. The zero-order valence-electron chi connectivity index (χ0n) is 10.7. The lowest BCUT2D eigenvalue weighted by Gasteiger charge is -2.19. The Morgan fingerprint density at radius 3 is 2.89 bits per heavy atom. The molecule has 19 heavy (non-hydrogen) atoms. The van der Waals surface area contributed by atoms with Crippen LogP contribution in [0, 0.1) is 0 Å². The van der Waals surface area contributed by atoms with E-state index in [-0.39, 0.29) is 5.91 Å². The second-order valence-electron chi connectivity index (χ2n) is 5.20. The van der Waals surface area contributed by atoms with Crippen molar-refractivity contribution in [2.45, 2.75) is 18.9 Å². The van der Waals surface area contributed by atoms with E-state index < -0.39 is 5.60 Å². The van der Waals surface area contributed by atoms with Crippen LogP contribution in [-0.2, 0) is 0 Å². The summed E-state index contributed by atoms with van der Waals surface area (Å²) >= 11 is 0. The van der Waals surface area contributed by atoms with Crippen LogP contribution in [0.3, 0.4) is 0 Å². The average molecular weight is 257 g/mol. The van der Waals surface area contributed by atoms with Crippen LogP contribution in [0.2, 0.25) is 0 Å². The largest absolute Gasteiger partial charge is 0.388 e. The van der Waals surface area contributed by atoms with Crippen molar-refractivity contribution in [3.63, 3.8) is 0 Å². The Labute approximate surface area is 110 Å². The molecule has 1 saturated heterocycles. The molecular weight excluding hydrogens is 242 g/mol. The fraction of sp³-hybridized carbons (Fsp3) is 0.357. The van der Waals surface area contributed by atoms with Crippen LogP contribution >= 0.6 is 0 Å².